The molecule has 0 fully saturated rings. The van der Waals surface area contributed by atoms with E-state index in [-0.39, 0.29) is 0 Å². The standard InChI is InChI=1S/C25H31N/c1-12-13(2)16(5)22-20(9)24-23(19(8)21(22)15(12)4)17(6)14(3)18(7)25(24)26(10)11/h8-9H2,1-7,10-11H3. The predicted molar refractivity (Wildman–Crippen MR) is 119 cm³/mol. The van der Waals surface area contributed by atoms with Crippen LogP contribution in [0.4, 0.5) is 5.69 Å². The van der Waals surface area contributed by atoms with Crippen molar-refractivity contribution in [1.82, 2.24) is 0 Å². The summed E-state index contributed by atoms with van der Waals surface area (Å²) in [5.41, 5.74) is 10.7. The summed E-state index contributed by atoms with van der Waals surface area (Å²) in [6, 6.07) is 0. The molecule has 3 aromatic rings. The monoisotopic (exact) mass is 345 g/mol. The van der Waals surface area contributed by atoms with Crippen molar-refractivity contribution in [3.8, 4) is 0 Å². The van der Waals surface area contributed by atoms with Crippen LogP contribution in [0.3, 0.4) is 0 Å². The summed E-state index contributed by atoms with van der Waals surface area (Å²) in [6.07, 6.45) is 0. The zero-order valence-electron chi connectivity index (χ0n) is 17.9. The van der Waals surface area contributed by atoms with E-state index in [9.17, 15) is 0 Å². The Labute approximate surface area is 157 Å². The molecule has 1 heteroatoms. The first-order valence-corrected chi connectivity index (χ1v) is 9.33. The van der Waals surface area contributed by atoms with Crippen LogP contribution in [0, 0.1) is 48.5 Å². The van der Waals surface area contributed by atoms with E-state index in [1.54, 1.807) is 0 Å². The van der Waals surface area contributed by atoms with E-state index in [0.717, 1.165) is 10.4 Å². The number of benzene rings is 3. The number of hydrogen-bond acceptors (Lipinski definition) is 1. The van der Waals surface area contributed by atoms with Gasteiger partial charge in [-0.1, -0.05) is 13.2 Å². The number of aryl methyl sites for hydroxylation is 3. The Bertz CT molecular complexity index is 1190. The van der Waals surface area contributed by atoms with Crippen LogP contribution in [-0.4, -0.2) is 14.1 Å². The van der Waals surface area contributed by atoms with Crippen molar-refractivity contribution in [2.75, 3.05) is 19.0 Å². The topological polar surface area (TPSA) is 3.24 Å². The molecule has 3 rings (SSSR count). The minimum atomic E-state index is 1.14. The molecular formula is C25H31N. The summed E-state index contributed by atoms with van der Waals surface area (Å²) in [7, 11) is 4.25. The molecule has 136 valence electrons. The Balaban J connectivity index is 2.88. The summed E-state index contributed by atoms with van der Waals surface area (Å²) in [6.45, 7) is 24.8. The average molecular weight is 346 g/mol. The van der Waals surface area contributed by atoms with Gasteiger partial charge in [0.1, 0.15) is 0 Å². The lowest BCUT2D eigenvalue weighted by atomic mass is 9.84. The Morgan fingerprint density at radius 1 is 0.462 bits per heavy atom. The highest BCUT2D eigenvalue weighted by Crippen LogP contribution is 2.34. The average Bonchev–Trinajstić information content (AvgIpc) is 2.58. The highest BCUT2D eigenvalue weighted by atomic mass is 15.1. The maximum atomic E-state index is 4.59. The van der Waals surface area contributed by atoms with Crippen molar-refractivity contribution in [2.45, 2.75) is 48.5 Å². The third-order valence-electron chi connectivity index (χ3n) is 6.68. The highest BCUT2D eigenvalue weighted by molar-refractivity contribution is 6.09. The van der Waals surface area contributed by atoms with Gasteiger partial charge < -0.3 is 4.90 Å². The molecule has 0 aromatic heterocycles. The van der Waals surface area contributed by atoms with Crippen molar-refractivity contribution in [3.05, 3.63) is 49.4 Å². The lowest BCUT2D eigenvalue weighted by molar-refractivity contribution is 1.11. The van der Waals surface area contributed by atoms with Gasteiger partial charge in [0.25, 0.3) is 0 Å². The zero-order chi connectivity index (χ0) is 19.7. The molecule has 0 saturated carbocycles. The first kappa shape index (κ1) is 18.5. The van der Waals surface area contributed by atoms with Crippen LogP contribution in [0.2, 0.25) is 0 Å². The molecule has 3 aromatic carbocycles. The van der Waals surface area contributed by atoms with Gasteiger partial charge in [-0.3, -0.25) is 0 Å². The third-order valence-corrected chi connectivity index (χ3v) is 6.68. The molecule has 0 spiro atoms. The van der Waals surface area contributed by atoms with Gasteiger partial charge in [-0.2, -0.15) is 0 Å². The van der Waals surface area contributed by atoms with Crippen molar-refractivity contribution in [3.63, 3.8) is 0 Å². The Morgan fingerprint density at radius 2 is 0.769 bits per heavy atom. The molecular weight excluding hydrogens is 314 g/mol. The second-order valence-electron chi connectivity index (χ2n) is 8.08. The van der Waals surface area contributed by atoms with E-state index >= 15 is 0 Å². The van der Waals surface area contributed by atoms with E-state index in [0.29, 0.717) is 0 Å². The summed E-state index contributed by atoms with van der Waals surface area (Å²) < 4.78 is 0. The fourth-order valence-corrected chi connectivity index (χ4v) is 4.69. The van der Waals surface area contributed by atoms with Crippen LogP contribution in [0.25, 0.3) is 34.7 Å². The second-order valence-corrected chi connectivity index (χ2v) is 8.08. The molecule has 0 heterocycles. The van der Waals surface area contributed by atoms with Crippen LogP contribution in [0.1, 0.15) is 38.9 Å². The van der Waals surface area contributed by atoms with Crippen molar-refractivity contribution in [2.24, 2.45) is 0 Å². The number of anilines is 1. The van der Waals surface area contributed by atoms with Gasteiger partial charge >= 0.3 is 0 Å². The molecule has 0 unspecified atom stereocenters. The Hall–Kier alpha value is -2.28. The lowest BCUT2D eigenvalue weighted by Gasteiger charge is -2.25. The summed E-state index contributed by atoms with van der Waals surface area (Å²) in [4.78, 5) is 2.23. The largest absolute Gasteiger partial charge is 0.377 e. The van der Waals surface area contributed by atoms with Crippen LogP contribution < -0.4 is 15.3 Å². The number of rotatable bonds is 1. The Kier molecular flexibility index (Phi) is 4.18. The molecule has 0 aliphatic heterocycles. The first-order valence-electron chi connectivity index (χ1n) is 9.33. The number of hydrogen-bond donors (Lipinski definition) is 0. The quantitative estimate of drug-likeness (QED) is 0.559. The van der Waals surface area contributed by atoms with Crippen LogP contribution in [0.15, 0.2) is 0 Å². The van der Waals surface area contributed by atoms with Gasteiger partial charge in [0.15, 0.2) is 0 Å². The first-order chi connectivity index (χ1) is 12.0. The maximum absolute atomic E-state index is 4.59. The molecule has 0 aliphatic rings. The van der Waals surface area contributed by atoms with Gasteiger partial charge in [0.2, 0.25) is 0 Å². The molecule has 0 N–H and O–H groups in total. The van der Waals surface area contributed by atoms with Crippen LogP contribution >= 0.6 is 0 Å². The second kappa shape index (κ2) is 5.87. The summed E-state index contributed by atoms with van der Waals surface area (Å²) in [5, 5.41) is 7.41. The van der Waals surface area contributed by atoms with Crippen LogP contribution in [-0.2, 0) is 0 Å². The zero-order valence-corrected chi connectivity index (χ0v) is 17.9. The SMILES string of the molecule is C=c1c2c(C)c(C)c(C)c(C)c2c(=C)c2c(N(C)C)c(C)c(C)c(C)c12. The maximum Gasteiger partial charge on any atom is 0.0479 e. The van der Waals surface area contributed by atoms with Gasteiger partial charge in [-0.05, 0) is 114 Å². The number of nitrogens with zero attached hydrogens (tertiary/aromatic N) is 1. The molecule has 26 heavy (non-hydrogen) atoms. The van der Waals surface area contributed by atoms with Gasteiger partial charge in [0.05, 0.1) is 0 Å². The molecule has 0 amide bonds. The molecule has 0 aliphatic carbocycles. The van der Waals surface area contributed by atoms with Gasteiger partial charge in [-0.25, -0.2) is 0 Å². The third kappa shape index (κ3) is 2.16. The van der Waals surface area contributed by atoms with Crippen molar-refractivity contribution < 1.29 is 0 Å². The van der Waals surface area contributed by atoms with E-state index in [1.807, 2.05) is 0 Å². The fraction of sp³-hybridized carbons (Fsp3) is 0.360. The Morgan fingerprint density at radius 3 is 1.15 bits per heavy atom. The molecule has 0 saturated heterocycles. The summed E-state index contributed by atoms with van der Waals surface area (Å²) >= 11 is 0. The molecule has 0 atom stereocenters. The predicted octanol–water partition coefficient (Wildman–Crippen LogP) is 5.04. The van der Waals surface area contributed by atoms with E-state index in [2.05, 4.69) is 80.6 Å². The minimum Gasteiger partial charge on any atom is -0.377 e. The van der Waals surface area contributed by atoms with Crippen LogP contribution in [0.5, 0.6) is 0 Å². The van der Waals surface area contributed by atoms with Gasteiger partial charge in [0, 0.05) is 25.2 Å². The van der Waals surface area contributed by atoms with E-state index in [1.165, 1.54) is 66.2 Å². The fourth-order valence-electron chi connectivity index (χ4n) is 4.69. The minimum absolute atomic E-state index is 1.14. The van der Waals surface area contributed by atoms with E-state index in [4.69, 9.17) is 0 Å². The van der Waals surface area contributed by atoms with Crippen molar-refractivity contribution >= 4 is 40.4 Å². The number of fused-ring (bicyclic) bond motifs is 2. The van der Waals surface area contributed by atoms with E-state index < -0.39 is 0 Å². The molecule has 1 nitrogen and oxygen atoms in total. The van der Waals surface area contributed by atoms with Crippen molar-refractivity contribution in [1.29, 1.82) is 0 Å². The smallest absolute Gasteiger partial charge is 0.0479 e. The molecule has 0 radical (unpaired) electrons. The highest BCUT2D eigenvalue weighted by Gasteiger charge is 2.19. The normalized spacial score (nSPS) is 11.6. The molecule has 0 bridgehead atoms. The van der Waals surface area contributed by atoms with Gasteiger partial charge in [-0.15, -0.1) is 0 Å². The lowest BCUT2D eigenvalue weighted by Crippen LogP contribution is -2.22. The summed E-state index contributed by atoms with van der Waals surface area (Å²) in [5.74, 6) is 0.